The van der Waals surface area contributed by atoms with Gasteiger partial charge in [0.05, 0.1) is 0 Å². The van der Waals surface area contributed by atoms with E-state index >= 15 is 0 Å². The first-order valence-corrected chi connectivity index (χ1v) is 8.61. The van der Waals surface area contributed by atoms with Crippen LogP contribution in [0, 0.1) is 5.92 Å². The van der Waals surface area contributed by atoms with E-state index in [0.29, 0.717) is 18.2 Å². The molecule has 1 saturated heterocycles. The highest BCUT2D eigenvalue weighted by Crippen LogP contribution is 2.19. The summed E-state index contributed by atoms with van der Waals surface area (Å²) in [6.45, 7) is 13.4. The van der Waals surface area contributed by atoms with Gasteiger partial charge >= 0.3 is 0 Å². The summed E-state index contributed by atoms with van der Waals surface area (Å²) in [4.78, 5) is 16.9. The van der Waals surface area contributed by atoms with E-state index < -0.39 is 0 Å². The molecule has 2 N–H and O–H groups in total. The van der Waals surface area contributed by atoms with Crippen molar-refractivity contribution in [2.45, 2.75) is 65.3 Å². The molecule has 1 atom stereocenters. The molecule has 0 saturated carbocycles. The summed E-state index contributed by atoms with van der Waals surface area (Å²) in [5.41, 5.74) is 5.87. The Morgan fingerprint density at radius 2 is 1.71 bits per heavy atom. The predicted octanol–water partition coefficient (Wildman–Crippen LogP) is 2.47. The molecule has 1 unspecified atom stereocenters. The second kappa shape index (κ2) is 8.74. The van der Waals surface area contributed by atoms with Gasteiger partial charge in [-0.3, -0.25) is 9.69 Å². The van der Waals surface area contributed by atoms with Gasteiger partial charge in [-0.05, 0) is 46.1 Å². The molecule has 1 aliphatic rings. The Morgan fingerprint density at radius 3 is 2.19 bits per heavy atom. The number of amides is 1. The molecule has 0 bridgehead atoms. The van der Waals surface area contributed by atoms with Crippen molar-refractivity contribution in [3.05, 3.63) is 0 Å². The summed E-state index contributed by atoms with van der Waals surface area (Å²) in [6, 6.07) is 0. The van der Waals surface area contributed by atoms with Gasteiger partial charge in [-0.25, -0.2) is 0 Å². The number of rotatable bonds is 7. The molecule has 0 radical (unpaired) electrons. The molecule has 1 rings (SSSR count). The van der Waals surface area contributed by atoms with E-state index in [9.17, 15) is 4.79 Å². The maximum atomic E-state index is 12.3. The van der Waals surface area contributed by atoms with Gasteiger partial charge in [-0.2, -0.15) is 0 Å². The second-order valence-corrected chi connectivity index (χ2v) is 7.31. The second-order valence-electron chi connectivity index (χ2n) is 7.31. The fourth-order valence-corrected chi connectivity index (χ4v) is 3.19. The highest BCUT2D eigenvalue weighted by atomic mass is 16.2. The van der Waals surface area contributed by atoms with Crippen LogP contribution in [-0.4, -0.2) is 54.0 Å². The van der Waals surface area contributed by atoms with Gasteiger partial charge in [0.15, 0.2) is 0 Å². The normalized spacial score (nSPS) is 18.8. The van der Waals surface area contributed by atoms with E-state index in [2.05, 4.69) is 32.6 Å². The zero-order valence-electron chi connectivity index (χ0n) is 14.5. The molecule has 21 heavy (non-hydrogen) atoms. The Hall–Kier alpha value is -0.610. The molecule has 4 heteroatoms. The van der Waals surface area contributed by atoms with Crippen LogP contribution in [0.3, 0.4) is 0 Å². The summed E-state index contributed by atoms with van der Waals surface area (Å²) in [7, 11) is 0. The standard InChI is InChI=1S/C17H35N3O/c1-5-6-15(9-10-18)7-8-16(21)19-11-13-20(14-12-19)17(2,3)4/h15H,5-14,18H2,1-4H3. The fraction of sp³-hybridized carbons (Fsp3) is 0.941. The molecule has 1 fully saturated rings. The van der Waals surface area contributed by atoms with E-state index in [0.717, 1.165) is 45.6 Å². The predicted molar refractivity (Wildman–Crippen MR) is 89.2 cm³/mol. The summed E-state index contributed by atoms with van der Waals surface area (Å²) in [5.74, 6) is 0.960. The third kappa shape index (κ3) is 6.35. The average molecular weight is 297 g/mol. The topological polar surface area (TPSA) is 49.6 Å². The fourth-order valence-electron chi connectivity index (χ4n) is 3.19. The quantitative estimate of drug-likeness (QED) is 0.785. The summed E-state index contributed by atoms with van der Waals surface area (Å²) in [5, 5.41) is 0. The largest absolute Gasteiger partial charge is 0.340 e. The van der Waals surface area contributed by atoms with Crippen LogP contribution >= 0.6 is 0 Å². The molecule has 0 aromatic carbocycles. The van der Waals surface area contributed by atoms with Crippen molar-refractivity contribution in [1.29, 1.82) is 0 Å². The highest BCUT2D eigenvalue weighted by Gasteiger charge is 2.27. The SMILES string of the molecule is CCCC(CCN)CCC(=O)N1CCN(C(C)(C)C)CC1. The van der Waals surface area contributed by atoms with Crippen LogP contribution in [0.1, 0.15) is 59.8 Å². The first-order valence-electron chi connectivity index (χ1n) is 8.61. The number of hydrogen-bond donors (Lipinski definition) is 1. The Kier molecular flexibility index (Phi) is 7.67. The van der Waals surface area contributed by atoms with Crippen molar-refractivity contribution in [3.8, 4) is 0 Å². The number of piperazine rings is 1. The molecule has 124 valence electrons. The van der Waals surface area contributed by atoms with Gasteiger partial charge in [-0.15, -0.1) is 0 Å². The van der Waals surface area contributed by atoms with Crippen molar-refractivity contribution < 1.29 is 4.79 Å². The lowest BCUT2D eigenvalue weighted by atomic mass is 9.94. The Labute approximate surface area is 131 Å². The minimum atomic E-state index is 0.211. The maximum absolute atomic E-state index is 12.3. The minimum absolute atomic E-state index is 0.211. The molecule has 1 amide bonds. The molecule has 1 heterocycles. The van der Waals surface area contributed by atoms with Crippen molar-refractivity contribution in [2.24, 2.45) is 11.7 Å². The zero-order valence-corrected chi connectivity index (χ0v) is 14.5. The van der Waals surface area contributed by atoms with Crippen LogP contribution in [0.15, 0.2) is 0 Å². The third-order valence-electron chi connectivity index (χ3n) is 4.62. The van der Waals surface area contributed by atoms with Crippen molar-refractivity contribution >= 4 is 5.91 Å². The molecule has 0 aliphatic carbocycles. The highest BCUT2D eigenvalue weighted by molar-refractivity contribution is 5.76. The summed E-state index contributed by atoms with van der Waals surface area (Å²) >= 11 is 0. The van der Waals surface area contributed by atoms with E-state index in [-0.39, 0.29) is 5.54 Å². The maximum Gasteiger partial charge on any atom is 0.222 e. The molecular formula is C17H35N3O. The Morgan fingerprint density at radius 1 is 1.10 bits per heavy atom. The number of hydrogen-bond acceptors (Lipinski definition) is 3. The van der Waals surface area contributed by atoms with Crippen LogP contribution < -0.4 is 5.73 Å². The molecule has 1 aliphatic heterocycles. The van der Waals surface area contributed by atoms with Crippen LogP contribution in [-0.2, 0) is 4.79 Å². The summed E-state index contributed by atoms with van der Waals surface area (Å²) in [6.07, 6.45) is 5.13. The van der Waals surface area contributed by atoms with E-state index in [1.807, 2.05) is 4.90 Å². The van der Waals surface area contributed by atoms with Gasteiger partial charge in [0.1, 0.15) is 0 Å². The van der Waals surface area contributed by atoms with Crippen LogP contribution in [0.2, 0.25) is 0 Å². The van der Waals surface area contributed by atoms with Crippen molar-refractivity contribution in [1.82, 2.24) is 9.80 Å². The average Bonchev–Trinajstić information content (AvgIpc) is 2.44. The van der Waals surface area contributed by atoms with Crippen LogP contribution in [0.25, 0.3) is 0 Å². The minimum Gasteiger partial charge on any atom is -0.340 e. The van der Waals surface area contributed by atoms with Gasteiger partial charge in [-0.1, -0.05) is 19.8 Å². The lowest BCUT2D eigenvalue weighted by Crippen LogP contribution is -2.54. The van der Waals surface area contributed by atoms with Gasteiger partial charge in [0, 0.05) is 38.1 Å². The van der Waals surface area contributed by atoms with Gasteiger partial charge in [0.25, 0.3) is 0 Å². The molecule has 0 aromatic rings. The lowest BCUT2D eigenvalue weighted by molar-refractivity contribution is -0.134. The van der Waals surface area contributed by atoms with E-state index in [1.165, 1.54) is 12.8 Å². The third-order valence-corrected chi connectivity index (χ3v) is 4.62. The van der Waals surface area contributed by atoms with Crippen molar-refractivity contribution in [3.63, 3.8) is 0 Å². The molecule has 4 nitrogen and oxygen atoms in total. The first-order chi connectivity index (χ1) is 9.88. The van der Waals surface area contributed by atoms with Gasteiger partial charge in [0.2, 0.25) is 5.91 Å². The van der Waals surface area contributed by atoms with Crippen molar-refractivity contribution in [2.75, 3.05) is 32.7 Å². The Bertz CT molecular complexity index is 298. The first kappa shape index (κ1) is 18.4. The number of carbonyl (C=O) groups excluding carboxylic acids is 1. The summed E-state index contributed by atoms with van der Waals surface area (Å²) < 4.78 is 0. The van der Waals surface area contributed by atoms with Crippen LogP contribution in [0.4, 0.5) is 0 Å². The zero-order chi connectivity index (χ0) is 15.9. The number of carbonyl (C=O) groups is 1. The van der Waals surface area contributed by atoms with E-state index in [1.54, 1.807) is 0 Å². The molecule has 0 spiro atoms. The van der Waals surface area contributed by atoms with Gasteiger partial charge < -0.3 is 10.6 Å². The number of nitrogens with two attached hydrogens (primary N) is 1. The van der Waals surface area contributed by atoms with E-state index in [4.69, 9.17) is 5.73 Å². The van der Waals surface area contributed by atoms with Crippen LogP contribution in [0.5, 0.6) is 0 Å². The monoisotopic (exact) mass is 297 g/mol. The smallest absolute Gasteiger partial charge is 0.222 e. The lowest BCUT2D eigenvalue weighted by Gasteiger charge is -2.42. The molecule has 0 aromatic heterocycles. The Balaban J connectivity index is 2.33. The number of nitrogens with zero attached hydrogens (tertiary/aromatic N) is 2. The molecular weight excluding hydrogens is 262 g/mol.